The Morgan fingerprint density at radius 2 is 1.84 bits per heavy atom. The number of hydrogen-bond donors (Lipinski definition) is 3. The maximum atomic E-state index is 11.3. The number of carboxylic acid groups (broad SMARTS) is 2. The minimum atomic E-state index is -3.42. The Bertz CT molecular complexity index is 919. The van der Waals surface area contributed by atoms with Crippen molar-refractivity contribution in [2.45, 2.75) is 0 Å². The standard InChI is InChI=1S/C14H12ClNO7S2/c1-25(21,22)16-8-4-2-7(3-5-8)12-10(15)11(23-6-9(17)18)13(24-12)14(19)20/h2-5,16H,6H2,1H3,(H,17,18)(H,19,20). The van der Waals surface area contributed by atoms with Crippen molar-refractivity contribution in [2.24, 2.45) is 0 Å². The zero-order valence-corrected chi connectivity index (χ0v) is 15.0. The highest BCUT2D eigenvalue weighted by atomic mass is 35.5. The molecule has 2 aromatic rings. The third kappa shape index (κ3) is 4.84. The molecule has 1 heterocycles. The van der Waals surface area contributed by atoms with Gasteiger partial charge in [-0.25, -0.2) is 18.0 Å². The van der Waals surface area contributed by atoms with Gasteiger partial charge < -0.3 is 14.9 Å². The first-order valence-corrected chi connectivity index (χ1v) is 9.65. The molecule has 0 radical (unpaired) electrons. The van der Waals surface area contributed by atoms with Crippen molar-refractivity contribution in [1.29, 1.82) is 0 Å². The van der Waals surface area contributed by atoms with Crippen LogP contribution in [-0.4, -0.2) is 43.4 Å². The summed E-state index contributed by atoms with van der Waals surface area (Å²) in [4.78, 5) is 22.1. The summed E-state index contributed by atoms with van der Waals surface area (Å²) in [6.45, 7) is -0.729. The highest BCUT2D eigenvalue weighted by Gasteiger charge is 2.24. The van der Waals surface area contributed by atoms with Gasteiger partial charge in [0.2, 0.25) is 10.0 Å². The summed E-state index contributed by atoms with van der Waals surface area (Å²) in [7, 11) is -3.42. The number of carbonyl (C=O) groups is 2. The fourth-order valence-corrected chi connectivity index (χ4v) is 3.86. The van der Waals surface area contributed by atoms with E-state index in [0.29, 0.717) is 16.1 Å². The van der Waals surface area contributed by atoms with Crippen LogP contribution in [-0.2, 0) is 14.8 Å². The van der Waals surface area contributed by atoms with Crippen LogP contribution in [0.4, 0.5) is 5.69 Å². The maximum Gasteiger partial charge on any atom is 0.349 e. The summed E-state index contributed by atoms with van der Waals surface area (Å²) in [5.74, 6) is -2.78. The lowest BCUT2D eigenvalue weighted by molar-refractivity contribution is -0.139. The SMILES string of the molecule is CS(=O)(=O)Nc1ccc(-c2sc(C(=O)O)c(OCC(=O)O)c2Cl)cc1. The molecule has 0 unspecified atom stereocenters. The summed E-state index contributed by atoms with van der Waals surface area (Å²) < 4.78 is 29.7. The first-order chi connectivity index (χ1) is 11.6. The molecule has 0 aliphatic carbocycles. The molecule has 0 spiro atoms. The summed E-state index contributed by atoms with van der Waals surface area (Å²) in [6.07, 6.45) is 1.02. The molecule has 25 heavy (non-hydrogen) atoms. The zero-order valence-electron chi connectivity index (χ0n) is 12.6. The van der Waals surface area contributed by atoms with Crippen molar-refractivity contribution in [3.05, 3.63) is 34.2 Å². The van der Waals surface area contributed by atoms with Crippen molar-refractivity contribution >= 4 is 50.6 Å². The van der Waals surface area contributed by atoms with Gasteiger partial charge >= 0.3 is 11.9 Å². The van der Waals surface area contributed by atoms with E-state index in [9.17, 15) is 23.1 Å². The van der Waals surface area contributed by atoms with Crippen LogP contribution in [0.15, 0.2) is 24.3 Å². The van der Waals surface area contributed by atoms with E-state index >= 15 is 0 Å². The molecule has 1 aromatic heterocycles. The first kappa shape index (κ1) is 19.0. The number of nitrogens with one attached hydrogen (secondary N) is 1. The van der Waals surface area contributed by atoms with Crippen molar-refractivity contribution in [2.75, 3.05) is 17.6 Å². The fraction of sp³-hybridized carbons (Fsp3) is 0.143. The molecule has 11 heteroatoms. The second-order valence-electron chi connectivity index (χ2n) is 4.84. The van der Waals surface area contributed by atoms with E-state index in [1.165, 1.54) is 12.1 Å². The van der Waals surface area contributed by atoms with Gasteiger partial charge in [-0.1, -0.05) is 23.7 Å². The third-order valence-corrected chi connectivity index (χ3v) is 5.08. The van der Waals surface area contributed by atoms with Crippen molar-refractivity contribution in [1.82, 2.24) is 0 Å². The molecule has 2 rings (SSSR count). The highest BCUT2D eigenvalue weighted by Crippen LogP contribution is 2.45. The predicted molar refractivity (Wildman–Crippen MR) is 93.3 cm³/mol. The van der Waals surface area contributed by atoms with Gasteiger partial charge in [-0.05, 0) is 17.7 Å². The van der Waals surface area contributed by atoms with Crippen molar-refractivity contribution in [3.8, 4) is 16.2 Å². The molecule has 1 aromatic carbocycles. The number of benzene rings is 1. The topological polar surface area (TPSA) is 130 Å². The number of halogens is 1. The Kier molecular flexibility index (Phi) is 5.55. The van der Waals surface area contributed by atoms with E-state index in [1.54, 1.807) is 12.1 Å². The molecule has 3 N–H and O–H groups in total. The monoisotopic (exact) mass is 405 g/mol. The van der Waals surface area contributed by atoms with E-state index in [1.807, 2.05) is 0 Å². The third-order valence-electron chi connectivity index (χ3n) is 2.79. The van der Waals surface area contributed by atoms with E-state index in [4.69, 9.17) is 21.4 Å². The van der Waals surface area contributed by atoms with Crippen LogP contribution in [0.25, 0.3) is 10.4 Å². The smallest absolute Gasteiger partial charge is 0.349 e. The van der Waals surface area contributed by atoms with Gasteiger partial charge in [0, 0.05) is 5.69 Å². The van der Waals surface area contributed by atoms with Crippen LogP contribution in [0.2, 0.25) is 5.02 Å². The van der Waals surface area contributed by atoms with Crippen LogP contribution >= 0.6 is 22.9 Å². The average Bonchev–Trinajstić information content (AvgIpc) is 2.81. The second kappa shape index (κ2) is 7.30. The van der Waals surface area contributed by atoms with Gasteiger partial charge in [-0.15, -0.1) is 11.3 Å². The molecule has 0 fully saturated rings. The normalized spacial score (nSPS) is 11.1. The highest BCUT2D eigenvalue weighted by molar-refractivity contribution is 7.92. The van der Waals surface area contributed by atoms with Gasteiger partial charge in [0.15, 0.2) is 17.2 Å². The summed E-state index contributed by atoms with van der Waals surface area (Å²) in [6, 6.07) is 6.09. The van der Waals surface area contributed by atoms with Crippen LogP contribution < -0.4 is 9.46 Å². The van der Waals surface area contributed by atoms with E-state index in [-0.39, 0.29) is 15.6 Å². The Hall–Kier alpha value is -2.30. The van der Waals surface area contributed by atoms with Gasteiger partial charge in [-0.3, -0.25) is 4.72 Å². The molecule has 0 saturated carbocycles. The molecular weight excluding hydrogens is 394 g/mol. The number of aromatic carboxylic acids is 1. The lowest BCUT2D eigenvalue weighted by Crippen LogP contribution is -2.10. The minimum Gasteiger partial charge on any atom is -0.479 e. The molecule has 134 valence electrons. The molecule has 0 saturated heterocycles. The van der Waals surface area contributed by atoms with E-state index < -0.39 is 28.6 Å². The first-order valence-electron chi connectivity index (χ1n) is 6.57. The maximum absolute atomic E-state index is 11.3. The van der Waals surface area contributed by atoms with Crippen molar-refractivity contribution in [3.63, 3.8) is 0 Å². The lowest BCUT2D eigenvalue weighted by Gasteiger charge is -2.05. The van der Waals surface area contributed by atoms with Gasteiger partial charge in [-0.2, -0.15) is 0 Å². The number of hydrogen-bond acceptors (Lipinski definition) is 6. The number of rotatable bonds is 7. The summed E-state index contributed by atoms with van der Waals surface area (Å²) in [5, 5.41) is 17.9. The number of thiophene rings is 1. The Balaban J connectivity index is 2.40. The fourth-order valence-electron chi connectivity index (χ4n) is 1.89. The average molecular weight is 406 g/mol. The van der Waals surface area contributed by atoms with Crippen molar-refractivity contribution < 1.29 is 33.0 Å². The molecule has 0 atom stereocenters. The summed E-state index contributed by atoms with van der Waals surface area (Å²) >= 11 is 6.99. The molecular formula is C14H12ClNO7S2. The number of aliphatic carboxylic acids is 1. The molecule has 0 amide bonds. The predicted octanol–water partition coefficient (Wildman–Crippen LogP) is 2.60. The van der Waals surface area contributed by atoms with Crippen LogP contribution in [0.5, 0.6) is 5.75 Å². The van der Waals surface area contributed by atoms with Gasteiger partial charge in [0.1, 0.15) is 5.02 Å². The number of sulfonamides is 1. The van der Waals surface area contributed by atoms with Crippen LogP contribution in [0.1, 0.15) is 9.67 Å². The summed E-state index contributed by atoms with van der Waals surface area (Å²) in [5.41, 5.74) is 0.862. The lowest BCUT2D eigenvalue weighted by atomic mass is 10.1. The minimum absolute atomic E-state index is 0.0209. The Labute approximate surface area is 151 Å². The second-order valence-corrected chi connectivity index (χ2v) is 7.99. The molecule has 8 nitrogen and oxygen atoms in total. The van der Waals surface area contributed by atoms with Gasteiger partial charge in [0.25, 0.3) is 0 Å². The number of ether oxygens (including phenoxy) is 1. The van der Waals surface area contributed by atoms with Crippen LogP contribution in [0.3, 0.4) is 0 Å². The van der Waals surface area contributed by atoms with Crippen LogP contribution in [0, 0.1) is 0 Å². The molecule has 0 aliphatic heterocycles. The zero-order chi connectivity index (χ0) is 18.8. The quantitative estimate of drug-likeness (QED) is 0.645. The largest absolute Gasteiger partial charge is 0.479 e. The Morgan fingerprint density at radius 1 is 1.24 bits per heavy atom. The van der Waals surface area contributed by atoms with E-state index in [2.05, 4.69) is 4.72 Å². The van der Waals surface area contributed by atoms with E-state index in [0.717, 1.165) is 17.6 Å². The molecule has 0 bridgehead atoms. The number of anilines is 1. The Morgan fingerprint density at radius 3 is 2.32 bits per heavy atom. The number of carboxylic acids is 2. The van der Waals surface area contributed by atoms with Gasteiger partial charge in [0.05, 0.1) is 11.1 Å². The molecule has 0 aliphatic rings.